The predicted molar refractivity (Wildman–Crippen MR) is 64.5 cm³/mol. The summed E-state index contributed by atoms with van der Waals surface area (Å²) >= 11 is 0. The molecule has 0 saturated carbocycles. The highest BCUT2D eigenvalue weighted by atomic mass is 16.3. The second kappa shape index (κ2) is 5.27. The first-order chi connectivity index (χ1) is 7.50. The molecular weight excluding hydrogens is 204 g/mol. The van der Waals surface area contributed by atoms with Gasteiger partial charge < -0.3 is 15.1 Å². The number of aliphatic hydroxyl groups is 2. The fourth-order valence-electron chi connectivity index (χ4n) is 1.53. The van der Waals surface area contributed by atoms with Crippen molar-refractivity contribution in [3.8, 4) is 0 Å². The van der Waals surface area contributed by atoms with Gasteiger partial charge in [-0.15, -0.1) is 0 Å². The number of hydrogen-bond acceptors (Lipinski definition) is 4. The molecule has 1 heterocycles. The summed E-state index contributed by atoms with van der Waals surface area (Å²) < 4.78 is 0. The van der Waals surface area contributed by atoms with Gasteiger partial charge in [-0.25, -0.2) is 4.98 Å². The molecule has 0 aliphatic rings. The third kappa shape index (κ3) is 3.18. The minimum atomic E-state index is -0.500. The minimum Gasteiger partial charge on any atom is -0.396 e. The molecule has 0 bridgehead atoms. The first kappa shape index (κ1) is 12.9. The summed E-state index contributed by atoms with van der Waals surface area (Å²) in [7, 11) is 1.91. The zero-order chi connectivity index (χ0) is 12.2. The van der Waals surface area contributed by atoms with Crippen LogP contribution in [0.2, 0.25) is 0 Å². The van der Waals surface area contributed by atoms with Crippen molar-refractivity contribution < 1.29 is 10.2 Å². The van der Waals surface area contributed by atoms with Crippen molar-refractivity contribution in [1.82, 2.24) is 4.98 Å². The van der Waals surface area contributed by atoms with Gasteiger partial charge in [-0.05, 0) is 24.6 Å². The summed E-state index contributed by atoms with van der Waals surface area (Å²) in [6.45, 7) is 4.34. The lowest BCUT2D eigenvalue weighted by molar-refractivity contribution is 0.0761. The van der Waals surface area contributed by atoms with E-state index < -0.39 is 5.41 Å². The third-order valence-electron chi connectivity index (χ3n) is 2.67. The lowest BCUT2D eigenvalue weighted by Crippen LogP contribution is -2.39. The normalized spacial score (nSPS) is 11.6. The standard InChI is InChI=1S/C12H20N2O2/c1-10-4-5-13-11(6-10)14(3)7-12(2,8-15)9-16/h4-6,15-16H,7-9H2,1-3H3. The van der Waals surface area contributed by atoms with Crippen LogP contribution in [0.1, 0.15) is 12.5 Å². The summed E-state index contributed by atoms with van der Waals surface area (Å²) in [4.78, 5) is 6.20. The number of aliphatic hydroxyl groups excluding tert-OH is 2. The van der Waals surface area contributed by atoms with E-state index in [9.17, 15) is 10.2 Å². The number of aryl methyl sites for hydroxylation is 1. The Morgan fingerprint density at radius 3 is 2.50 bits per heavy atom. The average molecular weight is 224 g/mol. The largest absolute Gasteiger partial charge is 0.396 e. The molecule has 0 aliphatic heterocycles. The molecule has 0 saturated heterocycles. The average Bonchev–Trinajstić information content (AvgIpc) is 2.29. The minimum absolute atomic E-state index is 0.0420. The van der Waals surface area contributed by atoms with Gasteiger partial charge in [0.1, 0.15) is 5.82 Å². The lowest BCUT2D eigenvalue weighted by atomic mass is 9.92. The first-order valence-electron chi connectivity index (χ1n) is 5.36. The zero-order valence-electron chi connectivity index (χ0n) is 10.1. The van der Waals surface area contributed by atoms with Gasteiger partial charge >= 0.3 is 0 Å². The number of aromatic nitrogens is 1. The SMILES string of the molecule is Cc1ccnc(N(C)CC(C)(CO)CO)c1. The van der Waals surface area contributed by atoms with E-state index in [1.54, 1.807) is 6.20 Å². The maximum atomic E-state index is 9.23. The predicted octanol–water partition coefficient (Wildman–Crippen LogP) is 0.817. The van der Waals surface area contributed by atoms with Crippen LogP contribution in [-0.2, 0) is 0 Å². The Morgan fingerprint density at radius 2 is 2.00 bits per heavy atom. The molecule has 0 unspecified atom stereocenters. The van der Waals surface area contributed by atoms with Crippen molar-refractivity contribution in [3.63, 3.8) is 0 Å². The molecule has 0 aliphatic carbocycles. The van der Waals surface area contributed by atoms with E-state index in [-0.39, 0.29) is 13.2 Å². The highest BCUT2D eigenvalue weighted by Crippen LogP contribution is 2.19. The smallest absolute Gasteiger partial charge is 0.128 e. The van der Waals surface area contributed by atoms with Gasteiger partial charge in [0.2, 0.25) is 0 Å². The first-order valence-corrected chi connectivity index (χ1v) is 5.36. The Kier molecular flexibility index (Phi) is 4.26. The van der Waals surface area contributed by atoms with Gasteiger partial charge in [-0.1, -0.05) is 6.92 Å². The molecule has 0 radical (unpaired) electrons. The summed E-state index contributed by atoms with van der Waals surface area (Å²) in [5, 5.41) is 18.5. The summed E-state index contributed by atoms with van der Waals surface area (Å²) in [5.41, 5.74) is 0.645. The van der Waals surface area contributed by atoms with E-state index in [0.717, 1.165) is 11.4 Å². The Hall–Kier alpha value is -1.13. The molecule has 1 rings (SSSR count). The highest BCUT2D eigenvalue weighted by molar-refractivity contribution is 5.39. The maximum absolute atomic E-state index is 9.23. The molecule has 2 N–H and O–H groups in total. The molecule has 0 fully saturated rings. The van der Waals surface area contributed by atoms with Gasteiger partial charge in [0.15, 0.2) is 0 Å². The third-order valence-corrected chi connectivity index (χ3v) is 2.67. The molecule has 0 atom stereocenters. The van der Waals surface area contributed by atoms with E-state index in [4.69, 9.17) is 0 Å². The fourth-order valence-corrected chi connectivity index (χ4v) is 1.53. The van der Waals surface area contributed by atoms with Crippen LogP contribution < -0.4 is 4.90 Å². The van der Waals surface area contributed by atoms with E-state index in [1.165, 1.54) is 0 Å². The molecule has 0 spiro atoms. The number of pyridine rings is 1. The van der Waals surface area contributed by atoms with Crippen molar-refractivity contribution in [2.75, 3.05) is 31.7 Å². The molecule has 1 aromatic heterocycles. The van der Waals surface area contributed by atoms with E-state index in [0.29, 0.717) is 6.54 Å². The van der Waals surface area contributed by atoms with Gasteiger partial charge in [0.05, 0.1) is 13.2 Å². The maximum Gasteiger partial charge on any atom is 0.128 e. The number of rotatable bonds is 5. The van der Waals surface area contributed by atoms with Gasteiger partial charge in [-0.3, -0.25) is 0 Å². The Balaban J connectivity index is 2.75. The fraction of sp³-hybridized carbons (Fsp3) is 0.583. The Morgan fingerprint density at radius 1 is 1.38 bits per heavy atom. The molecule has 4 nitrogen and oxygen atoms in total. The molecular formula is C12H20N2O2. The molecule has 0 amide bonds. The molecule has 1 aromatic rings. The topological polar surface area (TPSA) is 56.6 Å². The Bertz CT molecular complexity index is 338. The Labute approximate surface area is 96.6 Å². The number of nitrogens with zero attached hydrogens (tertiary/aromatic N) is 2. The van der Waals surface area contributed by atoms with Crippen LogP contribution in [0, 0.1) is 12.3 Å². The second-order valence-electron chi connectivity index (χ2n) is 4.67. The van der Waals surface area contributed by atoms with Crippen LogP contribution in [0.15, 0.2) is 18.3 Å². The molecule has 16 heavy (non-hydrogen) atoms. The highest BCUT2D eigenvalue weighted by Gasteiger charge is 2.24. The van der Waals surface area contributed by atoms with E-state index in [2.05, 4.69) is 4.98 Å². The van der Waals surface area contributed by atoms with Crippen LogP contribution >= 0.6 is 0 Å². The van der Waals surface area contributed by atoms with Crippen molar-refractivity contribution in [3.05, 3.63) is 23.9 Å². The van der Waals surface area contributed by atoms with Crippen molar-refractivity contribution >= 4 is 5.82 Å². The zero-order valence-corrected chi connectivity index (χ0v) is 10.1. The quantitative estimate of drug-likeness (QED) is 0.777. The van der Waals surface area contributed by atoms with Gasteiger partial charge in [-0.2, -0.15) is 0 Å². The van der Waals surface area contributed by atoms with Crippen molar-refractivity contribution in [1.29, 1.82) is 0 Å². The monoisotopic (exact) mass is 224 g/mol. The van der Waals surface area contributed by atoms with E-state index >= 15 is 0 Å². The van der Waals surface area contributed by atoms with Crippen LogP contribution in [0.4, 0.5) is 5.82 Å². The van der Waals surface area contributed by atoms with Crippen LogP contribution in [0.5, 0.6) is 0 Å². The molecule has 90 valence electrons. The lowest BCUT2D eigenvalue weighted by Gasteiger charge is -2.31. The van der Waals surface area contributed by atoms with Gasteiger partial charge in [0.25, 0.3) is 0 Å². The summed E-state index contributed by atoms with van der Waals surface area (Å²) in [6, 6.07) is 3.92. The van der Waals surface area contributed by atoms with E-state index in [1.807, 2.05) is 37.9 Å². The van der Waals surface area contributed by atoms with Crippen LogP contribution in [0.25, 0.3) is 0 Å². The molecule has 4 heteroatoms. The summed E-state index contributed by atoms with van der Waals surface area (Å²) in [6.07, 6.45) is 1.76. The van der Waals surface area contributed by atoms with Crippen molar-refractivity contribution in [2.24, 2.45) is 5.41 Å². The van der Waals surface area contributed by atoms with Crippen LogP contribution in [-0.4, -0.2) is 42.0 Å². The molecule has 0 aromatic carbocycles. The number of anilines is 1. The van der Waals surface area contributed by atoms with Crippen LogP contribution in [0.3, 0.4) is 0 Å². The summed E-state index contributed by atoms with van der Waals surface area (Å²) in [5.74, 6) is 0.855. The number of hydrogen-bond donors (Lipinski definition) is 2. The van der Waals surface area contributed by atoms with Crippen molar-refractivity contribution in [2.45, 2.75) is 13.8 Å². The van der Waals surface area contributed by atoms with Gasteiger partial charge in [0, 0.05) is 25.2 Å². The second-order valence-corrected chi connectivity index (χ2v) is 4.67.